The third-order valence-corrected chi connectivity index (χ3v) is 1.54. The molecule has 1 aromatic rings. The Morgan fingerprint density at radius 1 is 1.60 bits per heavy atom. The van der Waals surface area contributed by atoms with Crippen LogP contribution in [0.5, 0.6) is 0 Å². The quantitative estimate of drug-likeness (QED) is 0.445. The van der Waals surface area contributed by atoms with Crippen molar-refractivity contribution in [2.24, 2.45) is 0 Å². The monoisotopic (exact) mass is 212 g/mol. The molecule has 0 aromatic carbocycles. The molecule has 0 saturated heterocycles. The topological polar surface area (TPSA) is 102 Å². The number of H-pyrrole nitrogens is 1. The molecule has 0 spiro atoms. The molecule has 1 heterocycles. The van der Waals surface area contributed by atoms with Crippen molar-refractivity contribution in [3.8, 4) is 0 Å². The van der Waals surface area contributed by atoms with Crippen molar-refractivity contribution < 1.29 is 14.5 Å². The van der Waals surface area contributed by atoms with Gasteiger partial charge in [0.25, 0.3) is 11.2 Å². The Labute approximate surface area is 83.8 Å². The van der Waals surface area contributed by atoms with Crippen molar-refractivity contribution in [2.45, 2.75) is 6.92 Å². The van der Waals surface area contributed by atoms with Crippen molar-refractivity contribution >= 4 is 11.7 Å². The standard InChI is InChI=1S/C8H8N2O5/c1-2-15-8(12)6-3-5(10(13)14)4-7(11)9-6/h3-4H,2H2,1H3,(H,9,11). The highest BCUT2D eigenvalue weighted by Gasteiger charge is 2.14. The average Bonchev–Trinajstić information content (AvgIpc) is 2.17. The summed E-state index contributed by atoms with van der Waals surface area (Å²) in [6.45, 7) is 1.72. The van der Waals surface area contributed by atoms with E-state index in [2.05, 4.69) is 9.72 Å². The van der Waals surface area contributed by atoms with Crippen LogP contribution in [-0.2, 0) is 4.74 Å². The number of esters is 1. The molecule has 0 atom stereocenters. The molecule has 1 aromatic heterocycles. The summed E-state index contributed by atoms with van der Waals surface area (Å²) in [5.74, 6) is -0.793. The lowest BCUT2D eigenvalue weighted by Gasteiger charge is -2.00. The maximum Gasteiger partial charge on any atom is 0.355 e. The van der Waals surface area contributed by atoms with Crippen LogP contribution in [0.25, 0.3) is 0 Å². The van der Waals surface area contributed by atoms with E-state index in [1.54, 1.807) is 6.92 Å². The first-order valence-electron chi connectivity index (χ1n) is 4.10. The Balaban J connectivity index is 3.14. The molecule has 0 amide bonds. The number of aromatic amines is 1. The van der Waals surface area contributed by atoms with Gasteiger partial charge in [-0.1, -0.05) is 0 Å². The van der Waals surface area contributed by atoms with E-state index >= 15 is 0 Å². The molecule has 0 radical (unpaired) electrons. The minimum Gasteiger partial charge on any atom is -0.461 e. The predicted octanol–water partition coefficient (Wildman–Crippen LogP) is 0.460. The summed E-state index contributed by atoms with van der Waals surface area (Å²) in [5, 5.41) is 10.4. The van der Waals surface area contributed by atoms with Gasteiger partial charge in [-0.3, -0.25) is 14.9 Å². The third-order valence-electron chi connectivity index (χ3n) is 1.54. The van der Waals surface area contributed by atoms with Crippen LogP contribution < -0.4 is 5.56 Å². The smallest absolute Gasteiger partial charge is 0.355 e. The molecule has 0 fully saturated rings. The molecule has 1 N–H and O–H groups in total. The molecule has 7 nitrogen and oxygen atoms in total. The van der Waals surface area contributed by atoms with E-state index in [-0.39, 0.29) is 12.3 Å². The Bertz CT molecular complexity index is 451. The van der Waals surface area contributed by atoms with Gasteiger partial charge in [0, 0.05) is 6.07 Å². The zero-order valence-electron chi connectivity index (χ0n) is 7.85. The van der Waals surface area contributed by atoms with E-state index in [0.717, 1.165) is 12.1 Å². The number of hydrogen-bond donors (Lipinski definition) is 1. The van der Waals surface area contributed by atoms with Crippen molar-refractivity contribution in [3.63, 3.8) is 0 Å². The Morgan fingerprint density at radius 2 is 2.27 bits per heavy atom. The van der Waals surface area contributed by atoms with Gasteiger partial charge < -0.3 is 9.72 Å². The number of aromatic nitrogens is 1. The van der Waals surface area contributed by atoms with Gasteiger partial charge in [0.2, 0.25) is 0 Å². The average molecular weight is 212 g/mol. The van der Waals surface area contributed by atoms with Crippen LogP contribution in [0.1, 0.15) is 17.4 Å². The van der Waals surface area contributed by atoms with Gasteiger partial charge in [-0.15, -0.1) is 0 Å². The highest BCUT2D eigenvalue weighted by atomic mass is 16.6. The number of nitro groups is 1. The van der Waals surface area contributed by atoms with Gasteiger partial charge in [-0.05, 0) is 6.92 Å². The van der Waals surface area contributed by atoms with Crippen LogP contribution in [0.4, 0.5) is 5.69 Å². The third kappa shape index (κ3) is 2.63. The second-order valence-electron chi connectivity index (χ2n) is 2.59. The van der Waals surface area contributed by atoms with E-state index in [4.69, 9.17) is 0 Å². The maximum atomic E-state index is 11.2. The number of hydrogen-bond acceptors (Lipinski definition) is 5. The maximum absolute atomic E-state index is 11.2. The molecule has 80 valence electrons. The molecule has 0 aliphatic carbocycles. The van der Waals surface area contributed by atoms with Gasteiger partial charge in [-0.25, -0.2) is 4.79 Å². The molecule has 0 unspecified atom stereocenters. The van der Waals surface area contributed by atoms with Crippen LogP contribution >= 0.6 is 0 Å². The second kappa shape index (κ2) is 4.36. The van der Waals surface area contributed by atoms with Crippen LogP contribution in [-0.4, -0.2) is 22.5 Å². The van der Waals surface area contributed by atoms with E-state index < -0.39 is 22.1 Å². The lowest BCUT2D eigenvalue weighted by Crippen LogP contribution is -2.15. The molecule has 0 bridgehead atoms. The van der Waals surface area contributed by atoms with E-state index in [1.165, 1.54) is 0 Å². The van der Waals surface area contributed by atoms with Crippen LogP contribution in [0.3, 0.4) is 0 Å². The first-order valence-corrected chi connectivity index (χ1v) is 4.10. The summed E-state index contributed by atoms with van der Waals surface area (Å²) >= 11 is 0. The molecular weight excluding hydrogens is 204 g/mol. The van der Waals surface area contributed by atoms with E-state index in [9.17, 15) is 19.7 Å². The number of rotatable bonds is 3. The lowest BCUT2D eigenvalue weighted by molar-refractivity contribution is -0.385. The Morgan fingerprint density at radius 3 is 2.80 bits per heavy atom. The number of carbonyl (C=O) groups is 1. The fraction of sp³-hybridized carbons (Fsp3) is 0.250. The Kier molecular flexibility index (Phi) is 3.17. The highest BCUT2D eigenvalue weighted by Crippen LogP contribution is 2.08. The Hall–Kier alpha value is -2.18. The fourth-order valence-corrected chi connectivity index (χ4v) is 0.953. The summed E-state index contributed by atoms with van der Waals surface area (Å²) in [7, 11) is 0. The molecule has 7 heteroatoms. The first kappa shape index (κ1) is 10.9. The summed E-state index contributed by atoms with van der Waals surface area (Å²) in [6.07, 6.45) is 0. The second-order valence-corrected chi connectivity index (χ2v) is 2.59. The number of nitrogens with zero attached hydrogens (tertiary/aromatic N) is 1. The van der Waals surface area contributed by atoms with Gasteiger partial charge in [0.15, 0.2) is 0 Å². The lowest BCUT2D eigenvalue weighted by atomic mass is 10.3. The van der Waals surface area contributed by atoms with Crippen molar-refractivity contribution in [3.05, 3.63) is 38.3 Å². The first-order chi connectivity index (χ1) is 7.04. The predicted molar refractivity (Wildman–Crippen MR) is 49.7 cm³/mol. The SMILES string of the molecule is CCOC(=O)c1cc([N+](=O)[O-])cc(=O)[nH]1. The fourth-order valence-electron chi connectivity index (χ4n) is 0.953. The largest absolute Gasteiger partial charge is 0.461 e. The molecule has 0 saturated carbocycles. The van der Waals surface area contributed by atoms with Gasteiger partial charge in [0.05, 0.1) is 17.6 Å². The normalized spacial score (nSPS) is 9.67. The van der Waals surface area contributed by atoms with E-state index in [0.29, 0.717) is 0 Å². The zero-order chi connectivity index (χ0) is 11.4. The summed E-state index contributed by atoms with van der Waals surface area (Å²) in [5.41, 5.74) is -1.38. The minimum absolute atomic E-state index is 0.129. The van der Waals surface area contributed by atoms with Crippen molar-refractivity contribution in [1.82, 2.24) is 4.98 Å². The van der Waals surface area contributed by atoms with E-state index in [1.807, 2.05) is 0 Å². The number of carbonyl (C=O) groups excluding carboxylic acids is 1. The number of pyridine rings is 1. The van der Waals surface area contributed by atoms with Gasteiger partial charge in [0.1, 0.15) is 5.69 Å². The van der Waals surface area contributed by atoms with Crippen LogP contribution in [0.2, 0.25) is 0 Å². The van der Waals surface area contributed by atoms with Crippen LogP contribution in [0.15, 0.2) is 16.9 Å². The van der Waals surface area contributed by atoms with Crippen molar-refractivity contribution in [1.29, 1.82) is 0 Å². The molecule has 15 heavy (non-hydrogen) atoms. The van der Waals surface area contributed by atoms with Gasteiger partial charge >= 0.3 is 5.97 Å². The summed E-state index contributed by atoms with van der Waals surface area (Å²) in [4.78, 5) is 33.9. The van der Waals surface area contributed by atoms with Gasteiger partial charge in [-0.2, -0.15) is 0 Å². The van der Waals surface area contributed by atoms with Crippen LogP contribution in [0, 0.1) is 10.1 Å². The minimum atomic E-state index is -0.793. The molecule has 0 aliphatic rings. The summed E-state index contributed by atoms with van der Waals surface area (Å²) < 4.78 is 4.59. The molecule has 1 rings (SSSR count). The summed E-state index contributed by atoms with van der Waals surface area (Å²) in [6, 6.07) is 1.75. The number of ether oxygens (including phenoxy) is 1. The van der Waals surface area contributed by atoms with Crippen molar-refractivity contribution in [2.75, 3.05) is 6.61 Å². The highest BCUT2D eigenvalue weighted by molar-refractivity contribution is 5.87. The molecular formula is C8H8N2O5. The molecule has 0 aliphatic heterocycles. The zero-order valence-corrected chi connectivity index (χ0v) is 7.85. The number of nitrogens with one attached hydrogen (secondary N) is 1.